The summed E-state index contributed by atoms with van der Waals surface area (Å²) in [6, 6.07) is 2.40. The first kappa shape index (κ1) is 31.9. The smallest absolute Gasteiger partial charge is 0.307 e. The fourth-order valence-electron chi connectivity index (χ4n) is 6.54. The monoisotopic (exact) mass is 597 g/mol. The van der Waals surface area contributed by atoms with Crippen LogP contribution in [0.3, 0.4) is 0 Å². The SMILES string of the molecule is CCCCOc1ccc(N(C)C)c2c1C(=O)C1=C(OC(C)=O)[C@]3(O)C(O)=C(C(=O)NC(C)=O)C(=O)C(N(C)C)[C@@H]3C[C@@H]1C2. The maximum absolute atomic E-state index is 14.5. The van der Waals surface area contributed by atoms with Crippen LogP contribution in [0.15, 0.2) is 34.8 Å². The molecule has 0 spiro atoms. The Balaban J connectivity index is 2.04. The molecule has 1 aromatic carbocycles. The first-order chi connectivity index (χ1) is 20.2. The summed E-state index contributed by atoms with van der Waals surface area (Å²) in [6.45, 7) is 4.52. The van der Waals surface area contributed by atoms with Gasteiger partial charge in [0.15, 0.2) is 22.9 Å². The predicted molar refractivity (Wildman–Crippen MR) is 156 cm³/mol. The van der Waals surface area contributed by atoms with Gasteiger partial charge in [0, 0.05) is 45.1 Å². The fraction of sp³-hybridized carbons (Fsp3) is 0.516. The number of ketones is 2. The number of Topliss-reactive ketones (excluding diaryl/α,β-unsaturated/α-hetero) is 2. The van der Waals surface area contributed by atoms with Gasteiger partial charge in [0.25, 0.3) is 5.91 Å². The van der Waals surface area contributed by atoms with Crippen LogP contribution >= 0.6 is 0 Å². The van der Waals surface area contributed by atoms with E-state index >= 15 is 0 Å². The Hall–Kier alpha value is -4.03. The minimum atomic E-state index is -2.61. The number of benzene rings is 1. The quantitative estimate of drug-likeness (QED) is 0.228. The molecule has 12 nitrogen and oxygen atoms in total. The number of unbranched alkanes of at least 4 members (excludes halogenated alkanes) is 1. The van der Waals surface area contributed by atoms with E-state index in [-0.39, 0.29) is 17.6 Å². The highest BCUT2D eigenvalue weighted by Gasteiger charge is 2.63. The number of likely N-dealkylation sites (N-methyl/N-ethyl adjacent to an activating group) is 1. The summed E-state index contributed by atoms with van der Waals surface area (Å²) in [5.74, 6) is -7.25. The van der Waals surface area contributed by atoms with E-state index in [0.717, 1.165) is 37.9 Å². The van der Waals surface area contributed by atoms with Gasteiger partial charge < -0.3 is 24.6 Å². The van der Waals surface area contributed by atoms with Gasteiger partial charge in [0.05, 0.1) is 18.2 Å². The van der Waals surface area contributed by atoms with E-state index in [1.165, 1.54) is 4.90 Å². The topological polar surface area (TPSA) is 163 Å². The molecule has 0 saturated heterocycles. The van der Waals surface area contributed by atoms with Gasteiger partial charge in [-0.05, 0) is 57.0 Å². The molecule has 0 radical (unpaired) electrons. The molecule has 1 unspecified atom stereocenters. The number of imide groups is 1. The molecule has 0 aliphatic heterocycles. The number of hydrogen-bond donors (Lipinski definition) is 3. The zero-order valence-corrected chi connectivity index (χ0v) is 25.6. The molecule has 3 N–H and O–H groups in total. The highest BCUT2D eigenvalue weighted by atomic mass is 16.6. The average molecular weight is 598 g/mol. The minimum absolute atomic E-state index is 0.0375. The van der Waals surface area contributed by atoms with E-state index in [1.807, 2.05) is 37.3 Å². The van der Waals surface area contributed by atoms with Gasteiger partial charge in [-0.25, -0.2) is 0 Å². The van der Waals surface area contributed by atoms with E-state index in [9.17, 15) is 34.2 Å². The number of fused-ring (bicyclic) bond motifs is 3. The number of anilines is 1. The number of hydrogen-bond acceptors (Lipinski definition) is 11. The molecule has 0 fully saturated rings. The van der Waals surface area contributed by atoms with Crippen LogP contribution < -0.4 is 15.0 Å². The number of esters is 1. The van der Waals surface area contributed by atoms with Crippen LogP contribution in [-0.4, -0.2) is 90.9 Å². The van der Waals surface area contributed by atoms with E-state index < -0.39 is 69.9 Å². The van der Waals surface area contributed by atoms with Crippen molar-refractivity contribution < 1.29 is 43.7 Å². The molecular weight excluding hydrogens is 558 g/mol. The molecule has 1 aromatic rings. The second-order valence-corrected chi connectivity index (χ2v) is 11.7. The zero-order valence-electron chi connectivity index (χ0n) is 25.6. The molecule has 0 heterocycles. The Kier molecular flexibility index (Phi) is 8.85. The van der Waals surface area contributed by atoms with Gasteiger partial charge in [0.2, 0.25) is 5.91 Å². The van der Waals surface area contributed by atoms with Crippen molar-refractivity contribution in [2.75, 3.05) is 39.7 Å². The summed E-state index contributed by atoms with van der Waals surface area (Å²) in [6.07, 6.45) is 1.97. The molecule has 232 valence electrons. The second-order valence-electron chi connectivity index (χ2n) is 11.7. The van der Waals surface area contributed by atoms with E-state index in [0.29, 0.717) is 18.8 Å². The lowest BCUT2D eigenvalue weighted by Gasteiger charge is -2.51. The number of carbonyl (C=O) groups excluding carboxylic acids is 5. The molecule has 3 aliphatic rings. The van der Waals surface area contributed by atoms with Crippen LogP contribution in [0.2, 0.25) is 0 Å². The van der Waals surface area contributed by atoms with Crippen LogP contribution in [0, 0.1) is 11.8 Å². The number of aliphatic hydroxyl groups is 2. The van der Waals surface area contributed by atoms with Gasteiger partial charge in [-0.2, -0.15) is 0 Å². The Bertz CT molecular complexity index is 1460. The van der Waals surface area contributed by atoms with Gasteiger partial charge in [0.1, 0.15) is 17.1 Å². The van der Waals surface area contributed by atoms with Crippen molar-refractivity contribution in [2.24, 2.45) is 11.8 Å². The summed E-state index contributed by atoms with van der Waals surface area (Å²) in [5, 5.41) is 25.8. The molecule has 0 bridgehead atoms. The average Bonchev–Trinajstić information content (AvgIpc) is 2.89. The third-order valence-electron chi connectivity index (χ3n) is 8.30. The fourth-order valence-corrected chi connectivity index (χ4v) is 6.54. The maximum atomic E-state index is 14.5. The normalized spacial score (nSPS) is 24.7. The van der Waals surface area contributed by atoms with Crippen LogP contribution in [0.25, 0.3) is 0 Å². The lowest BCUT2D eigenvalue weighted by molar-refractivity contribution is -0.148. The lowest BCUT2D eigenvalue weighted by atomic mass is 9.59. The summed E-state index contributed by atoms with van der Waals surface area (Å²) < 4.78 is 11.6. The highest BCUT2D eigenvalue weighted by Crippen LogP contribution is 2.55. The molecule has 12 heteroatoms. The predicted octanol–water partition coefficient (Wildman–Crippen LogP) is 1.84. The molecule has 0 saturated carbocycles. The molecule has 3 aliphatic carbocycles. The minimum Gasteiger partial charge on any atom is -0.508 e. The van der Waals surface area contributed by atoms with Crippen molar-refractivity contribution in [3.8, 4) is 5.75 Å². The van der Waals surface area contributed by atoms with Crippen LogP contribution in [0.4, 0.5) is 5.69 Å². The Morgan fingerprint density at radius 3 is 2.35 bits per heavy atom. The summed E-state index contributed by atoms with van der Waals surface area (Å²) in [4.78, 5) is 68.7. The second kappa shape index (κ2) is 11.9. The van der Waals surface area contributed by atoms with Crippen molar-refractivity contribution in [1.29, 1.82) is 0 Å². The number of ether oxygens (including phenoxy) is 2. The van der Waals surface area contributed by atoms with Crippen molar-refractivity contribution >= 4 is 35.0 Å². The standard InChI is InChI=1S/C31H39N3O9/c1-8-9-12-42-21-11-10-20(33(4)5)18-13-17-14-19-25(34(6)7)27(38)24(30(40)32-15(2)35)28(39)31(19,41)29(43-16(3)36)22(17)26(37)23(18)21/h10-11,17,19,25,39,41H,8-9,12-14H2,1-7H3,(H,32,35,40)/t17-,19-,25?,31+/m0/s1. The third-order valence-corrected chi connectivity index (χ3v) is 8.30. The van der Waals surface area contributed by atoms with E-state index in [4.69, 9.17) is 9.47 Å². The van der Waals surface area contributed by atoms with Crippen molar-refractivity contribution in [3.63, 3.8) is 0 Å². The van der Waals surface area contributed by atoms with Gasteiger partial charge in [-0.1, -0.05) is 13.3 Å². The molecule has 4 atom stereocenters. The highest BCUT2D eigenvalue weighted by molar-refractivity contribution is 6.25. The molecular formula is C31H39N3O9. The van der Waals surface area contributed by atoms with Crippen molar-refractivity contribution in [2.45, 2.75) is 58.1 Å². The maximum Gasteiger partial charge on any atom is 0.307 e. The zero-order chi connectivity index (χ0) is 32.0. The lowest BCUT2D eigenvalue weighted by Crippen LogP contribution is -2.63. The van der Waals surface area contributed by atoms with Crippen molar-refractivity contribution in [1.82, 2.24) is 10.2 Å². The van der Waals surface area contributed by atoms with Crippen LogP contribution in [-0.2, 0) is 30.3 Å². The van der Waals surface area contributed by atoms with E-state index in [2.05, 4.69) is 0 Å². The number of aliphatic hydroxyl groups excluding tert-OH is 1. The number of rotatable bonds is 8. The van der Waals surface area contributed by atoms with Gasteiger partial charge in [-0.3, -0.25) is 34.2 Å². The van der Waals surface area contributed by atoms with Crippen LogP contribution in [0.1, 0.15) is 56.0 Å². The van der Waals surface area contributed by atoms with Crippen LogP contribution in [0.5, 0.6) is 5.75 Å². The van der Waals surface area contributed by atoms with E-state index in [1.54, 1.807) is 20.2 Å². The Morgan fingerprint density at radius 1 is 1.12 bits per heavy atom. The molecule has 2 amide bonds. The Morgan fingerprint density at radius 2 is 1.79 bits per heavy atom. The largest absolute Gasteiger partial charge is 0.508 e. The molecule has 4 rings (SSSR count). The number of allylic oxidation sites excluding steroid dienone is 1. The summed E-state index contributed by atoms with van der Waals surface area (Å²) >= 11 is 0. The number of nitrogens with one attached hydrogen (secondary N) is 1. The number of amides is 2. The number of nitrogens with zero attached hydrogens (tertiary/aromatic N) is 2. The molecule has 0 aromatic heterocycles. The van der Waals surface area contributed by atoms with Crippen molar-refractivity contribution in [3.05, 3.63) is 45.9 Å². The first-order valence-electron chi connectivity index (χ1n) is 14.3. The third kappa shape index (κ3) is 5.33. The summed E-state index contributed by atoms with van der Waals surface area (Å²) in [7, 11) is 6.85. The Labute approximate surface area is 250 Å². The molecule has 43 heavy (non-hydrogen) atoms. The first-order valence-corrected chi connectivity index (χ1v) is 14.3. The van der Waals surface area contributed by atoms with Gasteiger partial charge >= 0.3 is 5.97 Å². The van der Waals surface area contributed by atoms with Gasteiger partial charge in [-0.15, -0.1) is 0 Å². The number of carbonyl (C=O) groups is 5. The summed E-state index contributed by atoms with van der Waals surface area (Å²) in [5.41, 5.74) is -1.74.